The van der Waals surface area contributed by atoms with E-state index in [-0.39, 0.29) is 5.57 Å². The second-order valence-corrected chi connectivity index (χ2v) is 5.03. The SMILES string of the molecule is COc1ccc(OC)c(N/C=C(/C#N)C(=O)Nc2ccccc2OC)c1. The summed E-state index contributed by atoms with van der Waals surface area (Å²) in [4.78, 5) is 12.4. The average Bonchev–Trinajstić information content (AvgIpc) is 2.68. The summed E-state index contributed by atoms with van der Waals surface area (Å²) in [7, 11) is 4.57. The van der Waals surface area contributed by atoms with Gasteiger partial charge < -0.3 is 24.8 Å². The zero-order chi connectivity index (χ0) is 18.9. The third kappa shape index (κ3) is 4.45. The van der Waals surface area contributed by atoms with Crippen LogP contribution in [-0.2, 0) is 4.79 Å². The number of nitriles is 1. The first kappa shape index (κ1) is 18.7. The van der Waals surface area contributed by atoms with Crippen molar-refractivity contribution in [1.29, 1.82) is 5.26 Å². The minimum atomic E-state index is -0.564. The number of carbonyl (C=O) groups excluding carboxylic acids is 1. The van der Waals surface area contributed by atoms with Crippen LogP contribution in [-0.4, -0.2) is 27.2 Å². The Hall–Kier alpha value is -3.66. The number of nitrogens with one attached hydrogen (secondary N) is 2. The number of ether oxygens (including phenoxy) is 3. The Labute approximate surface area is 151 Å². The number of hydrogen-bond donors (Lipinski definition) is 2. The van der Waals surface area contributed by atoms with E-state index in [1.54, 1.807) is 49.6 Å². The van der Waals surface area contributed by atoms with E-state index in [4.69, 9.17) is 14.2 Å². The van der Waals surface area contributed by atoms with Crippen molar-refractivity contribution < 1.29 is 19.0 Å². The summed E-state index contributed by atoms with van der Waals surface area (Å²) in [5.74, 6) is 1.09. The first-order valence-corrected chi connectivity index (χ1v) is 7.66. The van der Waals surface area contributed by atoms with Crippen LogP contribution in [0.15, 0.2) is 54.2 Å². The monoisotopic (exact) mass is 353 g/mol. The number of para-hydroxylation sites is 2. The fourth-order valence-corrected chi connectivity index (χ4v) is 2.16. The highest BCUT2D eigenvalue weighted by molar-refractivity contribution is 6.07. The van der Waals surface area contributed by atoms with Gasteiger partial charge in [-0.25, -0.2) is 0 Å². The summed E-state index contributed by atoms with van der Waals surface area (Å²) in [6, 6.07) is 14.0. The highest BCUT2D eigenvalue weighted by Crippen LogP contribution is 2.29. The third-order valence-electron chi connectivity index (χ3n) is 3.50. The van der Waals surface area contributed by atoms with Gasteiger partial charge in [0.05, 0.1) is 32.7 Å². The minimum Gasteiger partial charge on any atom is -0.497 e. The van der Waals surface area contributed by atoms with E-state index >= 15 is 0 Å². The van der Waals surface area contributed by atoms with Gasteiger partial charge in [0.1, 0.15) is 28.9 Å². The number of nitrogens with zero attached hydrogens (tertiary/aromatic N) is 1. The lowest BCUT2D eigenvalue weighted by Gasteiger charge is -2.11. The number of anilines is 2. The molecule has 0 aliphatic heterocycles. The fourth-order valence-electron chi connectivity index (χ4n) is 2.16. The summed E-state index contributed by atoms with van der Waals surface area (Å²) >= 11 is 0. The van der Waals surface area contributed by atoms with E-state index in [2.05, 4.69) is 10.6 Å². The largest absolute Gasteiger partial charge is 0.497 e. The topological polar surface area (TPSA) is 92.6 Å². The molecule has 26 heavy (non-hydrogen) atoms. The Kier molecular flexibility index (Phi) is 6.46. The van der Waals surface area contributed by atoms with Crippen LogP contribution in [0.25, 0.3) is 0 Å². The van der Waals surface area contributed by atoms with Crippen LogP contribution in [0.5, 0.6) is 17.2 Å². The van der Waals surface area contributed by atoms with Crippen molar-refractivity contribution in [3.05, 3.63) is 54.2 Å². The predicted molar refractivity (Wildman–Crippen MR) is 98.5 cm³/mol. The van der Waals surface area contributed by atoms with Crippen LogP contribution in [0, 0.1) is 11.3 Å². The van der Waals surface area contributed by atoms with Gasteiger partial charge in [0.2, 0.25) is 0 Å². The molecule has 0 aliphatic carbocycles. The van der Waals surface area contributed by atoms with Gasteiger partial charge in [-0.1, -0.05) is 12.1 Å². The molecular formula is C19H19N3O4. The van der Waals surface area contributed by atoms with Gasteiger partial charge >= 0.3 is 0 Å². The molecule has 1 amide bonds. The molecule has 2 aromatic rings. The van der Waals surface area contributed by atoms with Crippen molar-refractivity contribution >= 4 is 17.3 Å². The summed E-state index contributed by atoms with van der Waals surface area (Å²) in [6.45, 7) is 0. The van der Waals surface area contributed by atoms with Crippen LogP contribution >= 0.6 is 0 Å². The van der Waals surface area contributed by atoms with Crippen LogP contribution < -0.4 is 24.8 Å². The highest BCUT2D eigenvalue weighted by atomic mass is 16.5. The van der Waals surface area contributed by atoms with Crippen LogP contribution in [0.2, 0.25) is 0 Å². The maximum atomic E-state index is 12.4. The van der Waals surface area contributed by atoms with Crippen molar-refractivity contribution in [3.8, 4) is 23.3 Å². The standard InChI is InChI=1S/C19H19N3O4/c1-24-14-8-9-18(26-3)16(10-14)21-12-13(11-20)19(23)22-15-6-4-5-7-17(15)25-2/h4-10,12,21H,1-3H3,(H,22,23)/b13-12-. The lowest BCUT2D eigenvalue weighted by atomic mass is 10.2. The zero-order valence-corrected chi connectivity index (χ0v) is 14.7. The summed E-state index contributed by atoms with van der Waals surface area (Å²) in [5, 5.41) is 14.9. The molecule has 2 rings (SSSR count). The second-order valence-electron chi connectivity index (χ2n) is 5.03. The molecule has 0 unspecified atom stereocenters. The number of amides is 1. The van der Waals surface area contributed by atoms with Gasteiger partial charge in [0, 0.05) is 12.3 Å². The molecule has 0 heterocycles. The van der Waals surface area contributed by atoms with Crippen molar-refractivity contribution in [3.63, 3.8) is 0 Å². The van der Waals surface area contributed by atoms with Gasteiger partial charge in [-0.05, 0) is 24.3 Å². The van der Waals surface area contributed by atoms with Crippen molar-refractivity contribution in [1.82, 2.24) is 0 Å². The van der Waals surface area contributed by atoms with Gasteiger partial charge in [0.25, 0.3) is 5.91 Å². The minimum absolute atomic E-state index is 0.110. The van der Waals surface area contributed by atoms with E-state index in [1.165, 1.54) is 20.4 Å². The highest BCUT2D eigenvalue weighted by Gasteiger charge is 2.12. The van der Waals surface area contributed by atoms with E-state index in [0.717, 1.165) is 0 Å². The van der Waals surface area contributed by atoms with E-state index in [0.29, 0.717) is 28.6 Å². The molecular weight excluding hydrogens is 334 g/mol. The number of benzene rings is 2. The number of methoxy groups -OCH3 is 3. The molecule has 2 N–H and O–H groups in total. The molecule has 0 fully saturated rings. The number of rotatable bonds is 7. The summed E-state index contributed by atoms with van der Waals surface area (Å²) in [6.07, 6.45) is 1.31. The molecule has 0 bridgehead atoms. The van der Waals surface area contributed by atoms with Gasteiger partial charge in [-0.3, -0.25) is 4.79 Å². The molecule has 0 aliphatic rings. The molecule has 7 nitrogen and oxygen atoms in total. The van der Waals surface area contributed by atoms with E-state index < -0.39 is 5.91 Å². The van der Waals surface area contributed by atoms with Gasteiger partial charge in [-0.15, -0.1) is 0 Å². The maximum absolute atomic E-state index is 12.4. The Balaban J connectivity index is 2.20. The zero-order valence-electron chi connectivity index (χ0n) is 14.7. The average molecular weight is 353 g/mol. The first-order chi connectivity index (χ1) is 12.6. The predicted octanol–water partition coefficient (Wildman–Crippen LogP) is 3.17. The maximum Gasteiger partial charge on any atom is 0.267 e. The molecule has 0 atom stereocenters. The van der Waals surface area contributed by atoms with Gasteiger partial charge in [-0.2, -0.15) is 5.26 Å². The smallest absolute Gasteiger partial charge is 0.267 e. The fraction of sp³-hybridized carbons (Fsp3) is 0.158. The Morgan fingerprint density at radius 2 is 1.69 bits per heavy atom. The molecule has 0 saturated heterocycles. The van der Waals surface area contributed by atoms with E-state index in [1.807, 2.05) is 6.07 Å². The molecule has 0 aromatic heterocycles. The normalized spacial score (nSPS) is 10.5. The van der Waals surface area contributed by atoms with Crippen molar-refractivity contribution in [2.75, 3.05) is 32.0 Å². The molecule has 0 radical (unpaired) electrons. The lowest BCUT2D eigenvalue weighted by molar-refractivity contribution is -0.112. The quantitative estimate of drug-likeness (QED) is 0.587. The molecule has 7 heteroatoms. The van der Waals surface area contributed by atoms with Gasteiger partial charge in [0.15, 0.2) is 0 Å². The third-order valence-corrected chi connectivity index (χ3v) is 3.50. The molecule has 134 valence electrons. The lowest BCUT2D eigenvalue weighted by Crippen LogP contribution is -2.15. The molecule has 0 saturated carbocycles. The van der Waals surface area contributed by atoms with Crippen molar-refractivity contribution in [2.45, 2.75) is 0 Å². The Morgan fingerprint density at radius 3 is 2.35 bits per heavy atom. The number of hydrogen-bond acceptors (Lipinski definition) is 6. The van der Waals surface area contributed by atoms with Crippen LogP contribution in [0.4, 0.5) is 11.4 Å². The second kappa shape index (κ2) is 8.99. The Morgan fingerprint density at radius 1 is 1.00 bits per heavy atom. The van der Waals surface area contributed by atoms with Crippen LogP contribution in [0.1, 0.15) is 0 Å². The Bertz CT molecular complexity index is 856. The van der Waals surface area contributed by atoms with Crippen LogP contribution in [0.3, 0.4) is 0 Å². The summed E-state index contributed by atoms with van der Waals surface area (Å²) < 4.78 is 15.6. The summed E-state index contributed by atoms with van der Waals surface area (Å²) in [5.41, 5.74) is 0.922. The number of carbonyl (C=O) groups is 1. The first-order valence-electron chi connectivity index (χ1n) is 7.66. The van der Waals surface area contributed by atoms with E-state index in [9.17, 15) is 10.1 Å². The van der Waals surface area contributed by atoms with Crippen molar-refractivity contribution in [2.24, 2.45) is 0 Å². The molecule has 0 spiro atoms. The molecule has 2 aromatic carbocycles.